The van der Waals surface area contributed by atoms with Crippen LogP contribution in [0.3, 0.4) is 0 Å². The molecule has 370 valence electrons. The molecule has 7 aliphatic rings. The first-order chi connectivity index (χ1) is 36.7. The molecule has 7 aromatic carbocycles. The molecule has 8 aromatic rings. The summed E-state index contributed by atoms with van der Waals surface area (Å²) >= 11 is 0. The third-order valence-corrected chi connectivity index (χ3v) is 19.9. The fourth-order valence-electron chi connectivity index (χ4n) is 16.1. The van der Waals surface area contributed by atoms with Crippen molar-refractivity contribution in [3.63, 3.8) is 0 Å². The Labute approximate surface area is 440 Å². The Balaban J connectivity index is 0.943. The third-order valence-electron chi connectivity index (χ3n) is 19.9. The van der Waals surface area contributed by atoms with Gasteiger partial charge in [-0.3, -0.25) is 0 Å². The Kier molecular flexibility index (Phi) is 11.4. The molecule has 2 nitrogen and oxygen atoms in total. The normalized spacial score (nSPS) is 21.4. The topological polar surface area (TPSA) is 8.17 Å². The monoisotopic (exact) mass is 965 g/mol. The lowest BCUT2D eigenvalue weighted by atomic mass is 9.77. The number of nitrogens with zero attached hydrogens (tertiary/aromatic N) is 2. The van der Waals surface area contributed by atoms with Gasteiger partial charge in [-0.15, -0.1) is 0 Å². The van der Waals surface area contributed by atoms with Crippen LogP contribution in [0.4, 0.5) is 11.4 Å². The quantitative estimate of drug-likeness (QED) is 0.147. The fraction of sp³-hybridized carbons (Fsp3) is 0.361. The maximum Gasteiger partial charge on any atom is 0.0857 e. The van der Waals surface area contributed by atoms with Crippen molar-refractivity contribution in [1.82, 2.24) is 4.57 Å². The van der Waals surface area contributed by atoms with Crippen molar-refractivity contribution in [2.45, 2.75) is 164 Å². The average molecular weight is 965 g/mol. The zero-order chi connectivity index (χ0) is 48.7. The molecule has 2 unspecified atom stereocenters. The molecule has 0 saturated heterocycles. The van der Waals surface area contributed by atoms with Crippen molar-refractivity contribution < 1.29 is 0 Å². The number of hydrogen-bond donors (Lipinski definition) is 0. The van der Waals surface area contributed by atoms with Gasteiger partial charge in [-0.25, -0.2) is 0 Å². The van der Waals surface area contributed by atoms with Crippen LogP contribution < -0.4 is 4.90 Å². The highest BCUT2D eigenvalue weighted by Crippen LogP contribution is 2.61. The number of benzene rings is 7. The van der Waals surface area contributed by atoms with E-state index >= 15 is 0 Å². The highest BCUT2D eigenvalue weighted by atomic mass is 15.3. The Morgan fingerprint density at radius 3 is 1.39 bits per heavy atom. The van der Waals surface area contributed by atoms with Crippen LogP contribution in [0.1, 0.15) is 191 Å². The minimum Gasteiger partial charge on any atom is -0.329 e. The van der Waals surface area contributed by atoms with Gasteiger partial charge in [0.05, 0.1) is 22.8 Å². The fourth-order valence-corrected chi connectivity index (χ4v) is 16.1. The second-order valence-electron chi connectivity index (χ2n) is 24.0. The third kappa shape index (κ3) is 7.62. The molecule has 3 heterocycles. The van der Waals surface area contributed by atoms with Gasteiger partial charge in [-0.05, 0) is 184 Å². The van der Waals surface area contributed by atoms with Crippen molar-refractivity contribution in [3.8, 4) is 33.4 Å². The molecule has 4 saturated carbocycles. The van der Waals surface area contributed by atoms with Gasteiger partial charge in [-0.2, -0.15) is 0 Å². The Morgan fingerprint density at radius 2 is 0.824 bits per heavy atom. The van der Waals surface area contributed by atoms with E-state index in [1.165, 1.54) is 240 Å². The largest absolute Gasteiger partial charge is 0.329 e. The van der Waals surface area contributed by atoms with E-state index in [4.69, 9.17) is 0 Å². The molecule has 2 atom stereocenters. The molecule has 0 amide bonds. The second-order valence-corrected chi connectivity index (χ2v) is 24.0. The molecular formula is C72H72N2. The highest BCUT2D eigenvalue weighted by Gasteiger charge is 2.49. The maximum atomic E-state index is 2.80. The number of allylic oxidation sites excluding steroid dienone is 2. The summed E-state index contributed by atoms with van der Waals surface area (Å²) < 4.78 is 2.73. The van der Waals surface area contributed by atoms with Crippen molar-refractivity contribution in [2.75, 3.05) is 4.90 Å². The molecule has 74 heavy (non-hydrogen) atoms. The Hall–Kier alpha value is -6.38. The van der Waals surface area contributed by atoms with Crippen LogP contribution >= 0.6 is 0 Å². The van der Waals surface area contributed by atoms with Gasteiger partial charge in [0.25, 0.3) is 0 Å². The van der Waals surface area contributed by atoms with Gasteiger partial charge >= 0.3 is 0 Å². The lowest BCUT2D eigenvalue weighted by Crippen LogP contribution is -2.38. The molecule has 5 aliphatic carbocycles. The van der Waals surface area contributed by atoms with Gasteiger partial charge in [0.15, 0.2) is 0 Å². The summed E-state index contributed by atoms with van der Waals surface area (Å²) in [4.78, 5) is 2.80. The van der Waals surface area contributed by atoms with Gasteiger partial charge in [0, 0.05) is 28.1 Å². The summed E-state index contributed by atoms with van der Waals surface area (Å²) in [5.41, 5.74) is 25.3. The molecule has 1 aromatic heterocycles. The van der Waals surface area contributed by atoms with E-state index in [9.17, 15) is 0 Å². The summed E-state index contributed by atoms with van der Waals surface area (Å²) in [7, 11) is 0. The van der Waals surface area contributed by atoms with Crippen molar-refractivity contribution in [1.29, 1.82) is 0 Å². The van der Waals surface area contributed by atoms with Gasteiger partial charge in [0.1, 0.15) is 0 Å². The number of hydrogen-bond acceptors (Lipinski definition) is 1. The molecule has 0 N–H and O–H groups in total. The van der Waals surface area contributed by atoms with Gasteiger partial charge < -0.3 is 9.47 Å². The van der Waals surface area contributed by atoms with Crippen LogP contribution in [0.5, 0.6) is 0 Å². The smallest absolute Gasteiger partial charge is 0.0857 e. The van der Waals surface area contributed by atoms with E-state index in [-0.39, 0.29) is 12.0 Å². The number of aromatic nitrogens is 1. The standard InChI is InChI=1S/C72H72N2/c1-5-17-47(18-6-1)51-25-13-29-55(41-51)57-33-37-65-63(45-57)69-61(59-31-15-27-53(43-59)49-21-9-3-10-22-49)35-39-67-71(69)73(65)68-40-36-62(60-32-16-28-54(44-60)50-23-11-4-12-24-50)70-64-46-58(34-38-66(64)74(67)72(68)70)56-30-14-26-52(42-56)48-19-7-2-8-20-48/h13-16,25-50,69,71H,1-12,17-24H2. The molecular weight excluding hydrogens is 893 g/mol. The number of fused-ring (bicyclic) bond motifs is 8. The molecule has 0 bridgehead atoms. The van der Waals surface area contributed by atoms with E-state index in [0.717, 1.165) is 0 Å². The van der Waals surface area contributed by atoms with Crippen LogP contribution in [0.25, 0.3) is 66.5 Å². The summed E-state index contributed by atoms with van der Waals surface area (Å²) in [5.74, 6) is 2.83. The predicted octanol–water partition coefficient (Wildman–Crippen LogP) is 20.5. The molecule has 4 fully saturated rings. The van der Waals surface area contributed by atoms with E-state index in [1.807, 2.05) is 0 Å². The maximum absolute atomic E-state index is 2.80. The van der Waals surface area contributed by atoms with Gasteiger partial charge in [0.2, 0.25) is 0 Å². The Morgan fingerprint density at radius 1 is 0.365 bits per heavy atom. The SMILES string of the molecule is C1=C(c2cccc(C3CCCCC3)c2)C2c3cc(-c4cccc(C5CCCCC5)c4)ccc3N3c4ccc(-c5cccc(C6CCCCC6)c5)c5c6cc(-c7cccc(C8CCCCC8)c7)ccc6n(c45)C(=C1)C23. The van der Waals surface area contributed by atoms with E-state index in [2.05, 4.69) is 167 Å². The van der Waals surface area contributed by atoms with E-state index in [0.29, 0.717) is 23.7 Å². The summed E-state index contributed by atoms with van der Waals surface area (Å²) in [6.07, 6.45) is 31.9. The first-order valence-corrected chi connectivity index (χ1v) is 29.6. The van der Waals surface area contributed by atoms with E-state index in [1.54, 1.807) is 0 Å². The zero-order valence-corrected chi connectivity index (χ0v) is 43.5. The first-order valence-electron chi connectivity index (χ1n) is 29.6. The van der Waals surface area contributed by atoms with Crippen LogP contribution in [0.15, 0.2) is 158 Å². The molecule has 0 radical (unpaired) electrons. The zero-order valence-electron chi connectivity index (χ0n) is 43.5. The lowest BCUT2D eigenvalue weighted by molar-refractivity contribution is 0.443. The van der Waals surface area contributed by atoms with Crippen LogP contribution in [-0.4, -0.2) is 10.6 Å². The van der Waals surface area contributed by atoms with E-state index < -0.39 is 0 Å². The molecule has 0 spiro atoms. The van der Waals surface area contributed by atoms with Crippen molar-refractivity contribution >= 4 is 44.5 Å². The van der Waals surface area contributed by atoms with Crippen LogP contribution in [0, 0.1) is 0 Å². The summed E-state index contributed by atoms with van der Waals surface area (Å²) in [5, 5.41) is 2.75. The lowest BCUT2D eigenvalue weighted by Gasteiger charge is -2.40. The predicted molar refractivity (Wildman–Crippen MR) is 313 cm³/mol. The molecule has 15 rings (SSSR count). The molecule has 2 heteroatoms. The minimum atomic E-state index is 0.116. The van der Waals surface area contributed by atoms with Crippen LogP contribution in [0.2, 0.25) is 0 Å². The number of anilines is 2. The number of rotatable bonds is 8. The Bertz CT molecular complexity index is 3520. The first kappa shape index (κ1) is 45.0. The van der Waals surface area contributed by atoms with Crippen LogP contribution in [-0.2, 0) is 0 Å². The summed E-state index contributed by atoms with van der Waals surface area (Å²) in [6.45, 7) is 0. The second kappa shape index (κ2) is 18.8. The highest BCUT2D eigenvalue weighted by molar-refractivity contribution is 6.22. The molecule has 2 aliphatic heterocycles. The van der Waals surface area contributed by atoms with Crippen molar-refractivity contribution in [3.05, 3.63) is 191 Å². The van der Waals surface area contributed by atoms with Crippen molar-refractivity contribution in [2.24, 2.45) is 0 Å². The summed E-state index contributed by atoms with van der Waals surface area (Å²) in [6, 6.07) is 59.1. The average Bonchev–Trinajstić information content (AvgIpc) is 4.07. The van der Waals surface area contributed by atoms with Gasteiger partial charge in [-0.1, -0.05) is 198 Å². The minimum absolute atomic E-state index is 0.116.